The Hall–Kier alpha value is -4.27. The third-order valence-corrected chi connectivity index (χ3v) is 14.7. The van der Waals surface area contributed by atoms with E-state index in [-0.39, 0.29) is 45.3 Å². The number of carbonyl (C=O) groups is 5. The first-order valence-electron chi connectivity index (χ1n) is 19.3. The van der Waals surface area contributed by atoms with E-state index in [1.54, 1.807) is 36.8 Å². The van der Waals surface area contributed by atoms with Crippen molar-refractivity contribution in [1.29, 1.82) is 0 Å². The minimum atomic E-state index is -1.46. The van der Waals surface area contributed by atoms with Crippen LogP contribution in [-0.2, 0) is 51.7 Å². The molecule has 28 heteroatoms. The maximum atomic E-state index is 14.0. The van der Waals surface area contributed by atoms with E-state index in [1.807, 2.05) is 18.2 Å². The minimum Gasteiger partial charge on any atom is -0.547 e. The first-order chi connectivity index (χ1) is 31.8. The number of esters is 1. The van der Waals surface area contributed by atoms with Crippen LogP contribution in [0.4, 0.5) is 5.13 Å². The summed E-state index contributed by atoms with van der Waals surface area (Å²) in [7, 11) is 1.57. The van der Waals surface area contributed by atoms with E-state index >= 15 is 0 Å². The van der Waals surface area contributed by atoms with Gasteiger partial charge in [-0.2, -0.15) is 0 Å². The number of aliphatic carboxylic acids is 2. The first kappa shape index (κ1) is 55.3. The number of rotatable bonds is 17. The lowest BCUT2D eigenvalue weighted by molar-refractivity contribution is -0.304. The Balaban J connectivity index is 0.000000723. The Kier molecular flexibility index (Phi) is 22.3. The monoisotopic (exact) mass is 1100 g/mol. The number of hydrogen-bond donors (Lipinski definition) is 6. The van der Waals surface area contributed by atoms with Crippen LogP contribution in [-0.4, -0.2) is 95.7 Å². The molecule has 0 unspecified atom stereocenters. The molecule has 1 saturated heterocycles. The highest BCUT2D eigenvalue weighted by Gasteiger charge is 2.55. The molecule has 362 valence electrons. The van der Waals surface area contributed by atoms with Gasteiger partial charge in [0.2, 0.25) is 0 Å². The Morgan fingerprint density at radius 3 is 2.12 bits per heavy atom. The van der Waals surface area contributed by atoms with Crippen LogP contribution in [0.2, 0.25) is 0 Å². The molecule has 11 N–H and O–H groups in total. The number of carboxylic acids is 2. The lowest BCUT2D eigenvalue weighted by atomic mass is 10.0. The summed E-state index contributed by atoms with van der Waals surface area (Å²) in [6, 6.07) is 12.1. The summed E-state index contributed by atoms with van der Waals surface area (Å²) < 4.78 is 11.1. The van der Waals surface area contributed by atoms with Crippen molar-refractivity contribution in [2.24, 2.45) is 16.6 Å². The second kappa shape index (κ2) is 27.1. The number of nitrogens with zero attached hydrogens (tertiary/aromatic N) is 3. The number of anilines is 1. The minimum absolute atomic E-state index is 0.0387. The van der Waals surface area contributed by atoms with Crippen LogP contribution in [0.3, 0.4) is 0 Å². The highest BCUT2D eigenvalue weighted by molar-refractivity contribution is 8.13. The summed E-state index contributed by atoms with van der Waals surface area (Å²) in [6.07, 6.45) is 3.60. The zero-order valence-corrected chi connectivity index (χ0v) is 42.1. The zero-order chi connectivity index (χ0) is 49.4. The molecule has 2 fully saturated rings. The normalized spacial score (nSPS) is 16.7. The van der Waals surface area contributed by atoms with Gasteiger partial charge in [0.25, 0.3) is 22.1 Å². The summed E-state index contributed by atoms with van der Waals surface area (Å²) in [6.45, 7) is -0.0387. The van der Waals surface area contributed by atoms with E-state index in [0.717, 1.165) is 58.6 Å². The van der Waals surface area contributed by atoms with E-state index in [2.05, 4.69) is 15.5 Å². The van der Waals surface area contributed by atoms with Gasteiger partial charge in [-0.25, -0.2) is 9.78 Å². The molecular formula is C39H43Cl4N9O10S5. The maximum Gasteiger partial charge on any atom is 0.356 e. The number of fused-ring (bicyclic) bond motifs is 1. The lowest BCUT2D eigenvalue weighted by Gasteiger charge is -2.49. The molecule has 0 radical (unpaired) electrons. The number of carbonyl (C=O) groups excluding carboxylic acids is 5. The van der Waals surface area contributed by atoms with Crippen LogP contribution >= 0.6 is 105 Å². The largest absolute Gasteiger partial charge is 0.547 e. The number of alkyl halides is 4. The predicted molar refractivity (Wildman–Crippen MR) is 259 cm³/mol. The van der Waals surface area contributed by atoms with Crippen molar-refractivity contribution < 1.29 is 59.3 Å². The lowest BCUT2D eigenvalue weighted by Crippen LogP contribution is -2.71. The van der Waals surface area contributed by atoms with Crippen molar-refractivity contribution in [2.45, 2.75) is 75.9 Å². The Labute approximate surface area is 424 Å². The first-order valence-corrected chi connectivity index (χ1v) is 25.8. The predicted octanol–water partition coefficient (Wildman–Crippen LogP) is 0.238. The Bertz CT molecular complexity index is 2340. The third kappa shape index (κ3) is 17.0. The second-order valence-electron chi connectivity index (χ2n) is 13.7. The molecular weight excluding hydrogens is 1060 g/mol. The fourth-order valence-electron chi connectivity index (χ4n) is 5.93. The van der Waals surface area contributed by atoms with Crippen molar-refractivity contribution in [3.05, 3.63) is 80.8 Å². The van der Waals surface area contributed by atoms with Gasteiger partial charge in [0, 0.05) is 32.4 Å². The quantitative estimate of drug-likeness (QED) is 0.0263. The SMILES string of the molecule is COc1ccc(COC(=O)C2=C(Sc3ccc(CSC(N)=[NH2+])cc3CSC(N)=[NH2+])CS[C@@H]3[C@H](NC(=O)/C(=N\OC4CCCC4)c4csc(N)n4)C(=O)N23)cc1.O=C([O-])C(Cl)Cl.O=C([O-])C(Cl)Cl. The van der Waals surface area contributed by atoms with Crippen molar-refractivity contribution >= 4 is 156 Å². The molecule has 1 aromatic heterocycles. The summed E-state index contributed by atoms with van der Waals surface area (Å²) in [4.78, 5) is 70.4. The number of ether oxygens (including phenoxy) is 2. The molecule has 0 spiro atoms. The number of nitrogen functional groups attached to an aromatic ring is 1. The molecule has 2 atom stereocenters. The van der Waals surface area contributed by atoms with E-state index < -0.39 is 50.8 Å². The summed E-state index contributed by atoms with van der Waals surface area (Å²) >= 11 is 25.4. The van der Waals surface area contributed by atoms with E-state index in [1.165, 1.54) is 51.9 Å². The van der Waals surface area contributed by atoms with Gasteiger partial charge in [0.15, 0.2) is 10.8 Å². The molecule has 3 aromatic rings. The average molecular weight is 1100 g/mol. The number of halogens is 4. The number of nitrogens with one attached hydrogen (secondary N) is 1. The molecule has 2 amide bonds. The number of benzene rings is 2. The average Bonchev–Trinajstić information content (AvgIpc) is 3.98. The number of carboxylic acid groups (broad SMARTS) is 2. The van der Waals surface area contributed by atoms with Crippen LogP contribution in [0.5, 0.6) is 5.75 Å². The van der Waals surface area contributed by atoms with Crippen molar-refractivity contribution in [3.63, 3.8) is 0 Å². The molecule has 2 aromatic carbocycles. The molecule has 1 aliphatic carbocycles. The molecule has 6 rings (SSSR count). The summed E-state index contributed by atoms with van der Waals surface area (Å²) in [5.74, 6) is -2.68. The smallest absolute Gasteiger partial charge is 0.356 e. The molecule has 1 saturated carbocycles. The zero-order valence-electron chi connectivity index (χ0n) is 35.0. The Morgan fingerprint density at radius 1 is 0.970 bits per heavy atom. The van der Waals surface area contributed by atoms with Gasteiger partial charge in [-0.15, -0.1) is 23.1 Å². The van der Waals surface area contributed by atoms with Crippen LogP contribution < -0.4 is 48.3 Å². The summed E-state index contributed by atoms with van der Waals surface area (Å²) in [5.41, 5.74) is 20.3. The van der Waals surface area contributed by atoms with Gasteiger partial charge in [0.05, 0.1) is 19.0 Å². The van der Waals surface area contributed by atoms with Gasteiger partial charge in [0.1, 0.15) is 50.9 Å². The van der Waals surface area contributed by atoms with Crippen molar-refractivity contribution in [3.8, 4) is 5.75 Å². The van der Waals surface area contributed by atoms with Crippen LogP contribution in [0.1, 0.15) is 48.1 Å². The van der Waals surface area contributed by atoms with Crippen molar-refractivity contribution in [2.75, 3.05) is 18.6 Å². The number of amides is 2. The van der Waals surface area contributed by atoms with Crippen LogP contribution in [0.15, 0.2) is 68.5 Å². The number of nitrogens with two attached hydrogens (primary N) is 5. The highest BCUT2D eigenvalue weighted by atomic mass is 35.5. The van der Waals surface area contributed by atoms with Gasteiger partial charge in [-0.1, -0.05) is 87.6 Å². The molecule has 19 nitrogen and oxygen atoms in total. The molecule has 2 aliphatic heterocycles. The van der Waals surface area contributed by atoms with Gasteiger partial charge < -0.3 is 45.2 Å². The fraction of sp³-hybridized carbons (Fsp3) is 0.359. The van der Waals surface area contributed by atoms with Crippen molar-refractivity contribution in [1.82, 2.24) is 15.2 Å². The maximum absolute atomic E-state index is 14.0. The molecule has 3 aliphatic rings. The summed E-state index contributed by atoms with van der Waals surface area (Å²) in [5, 5.41) is 38.9. The number of thioether (sulfide) groups is 4. The van der Waals surface area contributed by atoms with E-state index in [0.29, 0.717) is 27.9 Å². The second-order valence-corrected chi connectivity index (χ2v) is 21.2. The number of aromatic nitrogens is 1. The standard InChI is InChI=1S/C35H39N9O6S5.2C2H2Cl2O2/c1-48-21-9-6-18(7-10-21)13-49-32(47)28-25(55-24-11-8-19(14-52-33(36)37)12-20(24)15-53-34(38)39)17-51-31-27(30(46)44(28)31)42-29(45)26(23-16-54-35(40)41-23)43-50-22-4-2-3-5-22;2*3-1(4)2(5)6/h6-12,16,22,27,31H,2-5,13-15,17H2,1H3,(H3,36,37)(H3,38,39)(H2,40,41)(H,42,45);2*1H,(H,5,6)/b43-26-;;/t27-,31-;;/m1../s1. The molecule has 0 bridgehead atoms. The van der Waals surface area contributed by atoms with Gasteiger partial charge >= 0.3 is 5.97 Å². The molecule has 67 heavy (non-hydrogen) atoms. The Morgan fingerprint density at radius 2 is 1.57 bits per heavy atom. The van der Waals surface area contributed by atoms with Crippen LogP contribution in [0, 0.1) is 0 Å². The van der Waals surface area contributed by atoms with Crippen LogP contribution in [0.25, 0.3) is 0 Å². The topological polar surface area (TPSA) is 329 Å². The number of amidine groups is 2. The fourth-order valence-corrected chi connectivity index (χ4v) is 10.2. The number of β-lactam (4-membered cyclic amide) rings is 1. The van der Waals surface area contributed by atoms with E-state index in [4.69, 9.17) is 88.7 Å². The molecule has 3 heterocycles. The number of thiazole rings is 1. The highest BCUT2D eigenvalue weighted by Crippen LogP contribution is 2.46. The third-order valence-electron chi connectivity index (χ3n) is 9.03. The van der Waals surface area contributed by atoms with E-state index in [9.17, 15) is 34.2 Å². The van der Waals surface area contributed by atoms with Gasteiger partial charge in [-0.05, 0) is 84.1 Å². The number of oxime groups is 1. The number of methoxy groups -OCH3 is 1. The number of hydrogen-bond acceptors (Lipinski definition) is 18. The van der Waals surface area contributed by atoms with Gasteiger partial charge in [-0.3, -0.25) is 36.8 Å².